The van der Waals surface area contributed by atoms with Gasteiger partial charge in [0.15, 0.2) is 0 Å². The maximum Gasteiger partial charge on any atom is 0.305 e. The minimum absolute atomic E-state index is 0.0275. The number of likely N-dealkylation sites (N-methyl/N-ethyl adjacent to an activating group) is 1. The Labute approximate surface area is 95.6 Å². The van der Waals surface area contributed by atoms with E-state index in [1.807, 2.05) is 6.92 Å². The van der Waals surface area contributed by atoms with Gasteiger partial charge in [-0.05, 0) is 32.6 Å². The molecule has 0 aromatic carbocycles. The zero-order valence-corrected chi connectivity index (χ0v) is 9.90. The van der Waals surface area contributed by atoms with E-state index in [-0.39, 0.29) is 24.8 Å². The summed E-state index contributed by atoms with van der Waals surface area (Å²) in [5.41, 5.74) is 5.18. The zero-order chi connectivity index (χ0) is 12.3. The van der Waals surface area contributed by atoms with Gasteiger partial charge in [0.1, 0.15) is 0 Å². The molecule has 92 valence electrons. The Morgan fingerprint density at radius 1 is 1.50 bits per heavy atom. The van der Waals surface area contributed by atoms with E-state index in [9.17, 15) is 9.59 Å². The molecule has 0 aromatic rings. The van der Waals surface area contributed by atoms with E-state index in [0.29, 0.717) is 6.54 Å². The third kappa shape index (κ3) is 2.95. The largest absolute Gasteiger partial charge is 0.481 e. The molecule has 3 N–H and O–H groups in total. The molecule has 0 aromatic heterocycles. The Kier molecular flexibility index (Phi) is 3.91. The van der Waals surface area contributed by atoms with Crippen LogP contribution in [0.25, 0.3) is 0 Å². The standard InChI is InChI=1S/C11H20N2O3/c1-3-13(7-6-9(14)15)10(16)11(2,12)8-4-5-8/h8H,3-7,12H2,1-2H3,(H,14,15). The lowest BCUT2D eigenvalue weighted by Gasteiger charge is -2.31. The highest BCUT2D eigenvalue weighted by atomic mass is 16.4. The van der Waals surface area contributed by atoms with E-state index in [1.54, 1.807) is 6.92 Å². The molecule has 0 heterocycles. The molecule has 5 nitrogen and oxygen atoms in total. The normalized spacial score (nSPS) is 18.9. The second kappa shape index (κ2) is 4.82. The molecule has 1 atom stereocenters. The molecule has 1 saturated carbocycles. The van der Waals surface area contributed by atoms with E-state index in [2.05, 4.69) is 0 Å². The van der Waals surface area contributed by atoms with E-state index in [0.717, 1.165) is 12.8 Å². The highest BCUT2D eigenvalue weighted by Crippen LogP contribution is 2.38. The Morgan fingerprint density at radius 3 is 2.44 bits per heavy atom. The van der Waals surface area contributed by atoms with Crippen LogP contribution in [0.5, 0.6) is 0 Å². The molecule has 16 heavy (non-hydrogen) atoms. The summed E-state index contributed by atoms with van der Waals surface area (Å²) in [6.07, 6.45) is 1.96. The Bertz CT molecular complexity index is 285. The van der Waals surface area contributed by atoms with Crippen LogP contribution in [-0.2, 0) is 9.59 Å². The van der Waals surface area contributed by atoms with Crippen molar-refractivity contribution in [3.05, 3.63) is 0 Å². The van der Waals surface area contributed by atoms with Crippen LogP contribution in [0, 0.1) is 5.92 Å². The van der Waals surface area contributed by atoms with Crippen LogP contribution in [0.3, 0.4) is 0 Å². The molecule has 0 aliphatic heterocycles. The molecule has 0 radical (unpaired) electrons. The van der Waals surface area contributed by atoms with Crippen molar-refractivity contribution in [1.29, 1.82) is 0 Å². The first-order chi connectivity index (χ1) is 7.39. The quantitative estimate of drug-likeness (QED) is 0.691. The van der Waals surface area contributed by atoms with E-state index >= 15 is 0 Å². The second-order valence-electron chi connectivity index (χ2n) is 4.59. The Hall–Kier alpha value is -1.10. The molecule has 1 aliphatic rings. The summed E-state index contributed by atoms with van der Waals surface area (Å²) < 4.78 is 0. The molecule has 1 fully saturated rings. The van der Waals surface area contributed by atoms with Crippen molar-refractivity contribution in [1.82, 2.24) is 4.90 Å². The molecule has 1 rings (SSSR count). The van der Waals surface area contributed by atoms with Crippen molar-refractivity contribution >= 4 is 11.9 Å². The van der Waals surface area contributed by atoms with Gasteiger partial charge < -0.3 is 15.7 Å². The maximum absolute atomic E-state index is 12.1. The topological polar surface area (TPSA) is 83.6 Å². The van der Waals surface area contributed by atoms with E-state index in [1.165, 1.54) is 4.90 Å². The van der Waals surface area contributed by atoms with Crippen molar-refractivity contribution in [2.45, 2.75) is 38.6 Å². The van der Waals surface area contributed by atoms with E-state index < -0.39 is 11.5 Å². The van der Waals surface area contributed by atoms with Gasteiger partial charge in [0.2, 0.25) is 5.91 Å². The van der Waals surface area contributed by atoms with Crippen molar-refractivity contribution in [3.8, 4) is 0 Å². The van der Waals surface area contributed by atoms with Crippen LogP contribution in [0.4, 0.5) is 0 Å². The SMILES string of the molecule is CCN(CCC(=O)O)C(=O)C(C)(N)C1CC1. The van der Waals surface area contributed by atoms with Gasteiger partial charge >= 0.3 is 5.97 Å². The number of hydrogen-bond acceptors (Lipinski definition) is 3. The Morgan fingerprint density at radius 2 is 2.06 bits per heavy atom. The molecule has 0 spiro atoms. The monoisotopic (exact) mass is 228 g/mol. The van der Waals surface area contributed by atoms with Gasteiger partial charge in [0.05, 0.1) is 12.0 Å². The summed E-state index contributed by atoms with van der Waals surface area (Å²) in [5, 5.41) is 8.59. The Balaban J connectivity index is 2.57. The van der Waals surface area contributed by atoms with Gasteiger partial charge in [-0.15, -0.1) is 0 Å². The highest BCUT2D eigenvalue weighted by Gasteiger charge is 2.45. The summed E-state index contributed by atoms with van der Waals surface area (Å²) in [4.78, 5) is 24.1. The number of nitrogens with two attached hydrogens (primary N) is 1. The summed E-state index contributed by atoms with van der Waals surface area (Å²) in [6, 6.07) is 0. The highest BCUT2D eigenvalue weighted by molar-refractivity contribution is 5.86. The first-order valence-corrected chi connectivity index (χ1v) is 5.69. The fourth-order valence-electron chi connectivity index (χ4n) is 1.83. The third-order valence-electron chi connectivity index (χ3n) is 3.15. The van der Waals surface area contributed by atoms with Crippen LogP contribution in [0.15, 0.2) is 0 Å². The van der Waals surface area contributed by atoms with Crippen molar-refractivity contribution in [3.63, 3.8) is 0 Å². The van der Waals surface area contributed by atoms with Gasteiger partial charge in [0, 0.05) is 13.1 Å². The second-order valence-corrected chi connectivity index (χ2v) is 4.59. The molecular weight excluding hydrogens is 208 g/mol. The van der Waals surface area contributed by atoms with Gasteiger partial charge in [-0.2, -0.15) is 0 Å². The number of aliphatic carboxylic acids is 1. The molecular formula is C11H20N2O3. The number of carbonyl (C=O) groups excluding carboxylic acids is 1. The molecule has 0 saturated heterocycles. The smallest absolute Gasteiger partial charge is 0.305 e. The number of nitrogens with zero attached hydrogens (tertiary/aromatic N) is 1. The van der Waals surface area contributed by atoms with Crippen LogP contribution >= 0.6 is 0 Å². The maximum atomic E-state index is 12.1. The van der Waals surface area contributed by atoms with Gasteiger partial charge in [-0.25, -0.2) is 0 Å². The van der Waals surface area contributed by atoms with Crippen LogP contribution in [-0.4, -0.2) is 40.5 Å². The van der Waals surface area contributed by atoms with Gasteiger partial charge in [-0.1, -0.05) is 0 Å². The first kappa shape index (κ1) is 13.0. The van der Waals surface area contributed by atoms with Gasteiger partial charge in [-0.3, -0.25) is 9.59 Å². The van der Waals surface area contributed by atoms with Crippen LogP contribution in [0.2, 0.25) is 0 Å². The summed E-state index contributed by atoms with van der Waals surface area (Å²) in [5.74, 6) is -0.756. The van der Waals surface area contributed by atoms with Crippen molar-refractivity contribution < 1.29 is 14.7 Å². The van der Waals surface area contributed by atoms with Crippen molar-refractivity contribution in [2.75, 3.05) is 13.1 Å². The average molecular weight is 228 g/mol. The number of carbonyl (C=O) groups is 2. The lowest BCUT2D eigenvalue weighted by Crippen LogP contribution is -2.55. The molecule has 1 aliphatic carbocycles. The summed E-state index contributed by atoms with van der Waals surface area (Å²) in [7, 11) is 0. The van der Waals surface area contributed by atoms with E-state index in [4.69, 9.17) is 10.8 Å². The zero-order valence-electron chi connectivity index (χ0n) is 9.90. The number of hydrogen-bond donors (Lipinski definition) is 2. The fraction of sp³-hybridized carbons (Fsp3) is 0.818. The van der Waals surface area contributed by atoms with Crippen molar-refractivity contribution in [2.24, 2.45) is 11.7 Å². The average Bonchev–Trinajstić information content (AvgIpc) is 3.01. The number of carboxylic acid groups (broad SMARTS) is 1. The number of amides is 1. The molecule has 5 heteroatoms. The molecule has 1 unspecified atom stereocenters. The van der Waals surface area contributed by atoms with Crippen LogP contribution in [0.1, 0.15) is 33.1 Å². The molecule has 0 bridgehead atoms. The lowest BCUT2D eigenvalue weighted by atomic mass is 9.95. The third-order valence-corrected chi connectivity index (χ3v) is 3.15. The number of carboxylic acids is 1. The minimum atomic E-state index is -0.892. The lowest BCUT2D eigenvalue weighted by molar-refractivity contribution is -0.140. The predicted octanol–water partition coefficient (Wildman–Crippen LogP) is 0.437. The number of rotatable bonds is 6. The van der Waals surface area contributed by atoms with Crippen LogP contribution < -0.4 is 5.73 Å². The molecule has 1 amide bonds. The van der Waals surface area contributed by atoms with Gasteiger partial charge in [0.25, 0.3) is 0 Å². The summed E-state index contributed by atoms with van der Waals surface area (Å²) in [6.45, 7) is 4.33. The summed E-state index contributed by atoms with van der Waals surface area (Å²) >= 11 is 0. The first-order valence-electron chi connectivity index (χ1n) is 5.69. The fourth-order valence-corrected chi connectivity index (χ4v) is 1.83. The predicted molar refractivity (Wildman–Crippen MR) is 59.8 cm³/mol. The minimum Gasteiger partial charge on any atom is -0.481 e.